The molecule has 0 aliphatic heterocycles. The zero-order valence-electron chi connectivity index (χ0n) is 8.96. The van der Waals surface area contributed by atoms with Crippen molar-refractivity contribution in [1.29, 1.82) is 0 Å². The lowest BCUT2D eigenvalue weighted by atomic mass is 10.4. The van der Waals surface area contributed by atoms with Gasteiger partial charge in [0.1, 0.15) is 6.20 Å². The Hall–Kier alpha value is -2.64. The largest absolute Gasteiger partial charge is 0.397 e. The first-order valence-electron chi connectivity index (χ1n) is 4.62. The highest BCUT2D eigenvalue weighted by Crippen LogP contribution is 2.07. The first kappa shape index (κ1) is 13.4. The number of hydrogen-bond acceptors (Lipinski definition) is 5. The molecule has 0 saturated heterocycles. The fraction of sp³-hybridized carbons (Fsp3) is 0. The lowest BCUT2D eigenvalue weighted by Crippen LogP contribution is -1.89. The van der Waals surface area contributed by atoms with E-state index in [2.05, 4.69) is 9.97 Å². The van der Waals surface area contributed by atoms with Crippen LogP contribution >= 0.6 is 0 Å². The van der Waals surface area contributed by atoms with Gasteiger partial charge in [0.2, 0.25) is 11.9 Å². The van der Waals surface area contributed by atoms with E-state index in [1.54, 1.807) is 0 Å². The molecule has 2 aromatic rings. The summed E-state index contributed by atoms with van der Waals surface area (Å²) in [5.41, 5.74) is 5.47. The lowest BCUT2D eigenvalue weighted by molar-refractivity contribution is -0.385. The van der Waals surface area contributed by atoms with E-state index in [1.165, 1.54) is 18.3 Å². The molecule has 94 valence electrons. The highest BCUT2D eigenvalue weighted by Gasteiger charge is 2.03. The molecule has 2 N–H and O–H groups in total. The van der Waals surface area contributed by atoms with E-state index >= 15 is 0 Å². The zero-order valence-corrected chi connectivity index (χ0v) is 8.96. The highest BCUT2D eigenvalue weighted by atomic mass is 19.1. The fourth-order valence-corrected chi connectivity index (χ4v) is 0.863. The molecule has 0 amide bonds. The third-order valence-corrected chi connectivity index (χ3v) is 1.67. The first-order chi connectivity index (χ1) is 8.49. The van der Waals surface area contributed by atoms with Crippen LogP contribution in [0.2, 0.25) is 0 Å². The molecule has 2 heterocycles. The second-order valence-corrected chi connectivity index (χ2v) is 3.01. The molecular formula is C10H8F2N4O2. The standard InChI is InChI=1S/C5H3FN2O2.C5H5FN2/c6-5-2-1-4(3-7-5)8(9)10;6-5-2-1-4(7)3-8-5/h1-3H;1-3H,7H2. The van der Waals surface area contributed by atoms with Gasteiger partial charge in [-0.05, 0) is 18.2 Å². The van der Waals surface area contributed by atoms with Crippen molar-refractivity contribution in [3.05, 3.63) is 58.7 Å². The van der Waals surface area contributed by atoms with Gasteiger partial charge in [-0.2, -0.15) is 8.78 Å². The third-order valence-electron chi connectivity index (χ3n) is 1.67. The highest BCUT2D eigenvalue weighted by molar-refractivity contribution is 5.32. The molecule has 0 radical (unpaired) electrons. The quantitative estimate of drug-likeness (QED) is 0.476. The summed E-state index contributed by atoms with van der Waals surface area (Å²) in [7, 11) is 0. The van der Waals surface area contributed by atoms with Crippen LogP contribution in [0.15, 0.2) is 36.7 Å². The Morgan fingerprint density at radius 1 is 1.06 bits per heavy atom. The normalized spacial score (nSPS) is 9.22. The Morgan fingerprint density at radius 2 is 1.61 bits per heavy atom. The Bertz CT molecular complexity index is 495. The smallest absolute Gasteiger partial charge is 0.287 e. The summed E-state index contributed by atoms with van der Waals surface area (Å²) in [5.74, 6) is -1.22. The topological polar surface area (TPSA) is 94.9 Å². The minimum atomic E-state index is -0.717. The molecule has 0 unspecified atom stereocenters. The molecule has 2 rings (SSSR count). The molecule has 0 aromatic carbocycles. The number of nitrogens with zero attached hydrogens (tertiary/aromatic N) is 3. The maximum atomic E-state index is 12.0. The van der Waals surface area contributed by atoms with Crippen LogP contribution in [-0.2, 0) is 0 Å². The Balaban J connectivity index is 0.000000184. The van der Waals surface area contributed by atoms with Crippen LogP contribution in [0.3, 0.4) is 0 Å². The maximum absolute atomic E-state index is 12.0. The van der Waals surface area contributed by atoms with E-state index in [0.717, 1.165) is 18.3 Å². The van der Waals surface area contributed by atoms with Crippen molar-refractivity contribution < 1.29 is 13.7 Å². The minimum absolute atomic E-state index is 0.207. The summed E-state index contributed by atoms with van der Waals surface area (Å²) in [6, 6.07) is 4.68. The lowest BCUT2D eigenvalue weighted by Gasteiger charge is -1.87. The van der Waals surface area contributed by atoms with Crippen molar-refractivity contribution in [2.75, 3.05) is 5.73 Å². The van der Waals surface area contributed by atoms with Crippen molar-refractivity contribution >= 4 is 11.4 Å². The van der Waals surface area contributed by atoms with Crippen molar-refractivity contribution in [3.8, 4) is 0 Å². The predicted molar refractivity (Wildman–Crippen MR) is 59.5 cm³/mol. The number of pyridine rings is 2. The molecule has 2 aromatic heterocycles. The van der Waals surface area contributed by atoms with Crippen LogP contribution in [0.25, 0.3) is 0 Å². The molecule has 18 heavy (non-hydrogen) atoms. The van der Waals surface area contributed by atoms with Crippen LogP contribution < -0.4 is 5.73 Å². The molecule has 0 spiro atoms. The summed E-state index contributed by atoms with van der Waals surface area (Å²) in [5, 5.41) is 9.96. The molecule has 0 atom stereocenters. The summed E-state index contributed by atoms with van der Waals surface area (Å²) < 4.78 is 23.9. The molecule has 6 nitrogen and oxygen atoms in total. The molecule has 0 aliphatic carbocycles. The van der Waals surface area contributed by atoms with Gasteiger partial charge in [0, 0.05) is 6.07 Å². The second-order valence-electron chi connectivity index (χ2n) is 3.01. The fourth-order valence-electron chi connectivity index (χ4n) is 0.863. The molecule has 0 saturated carbocycles. The van der Waals surface area contributed by atoms with E-state index in [9.17, 15) is 18.9 Å². The Labute approximate surface area is 100 Å². The molecule has 0 aliphatic rings. The number of nitro groups is 1. The second kappa shape index (κ2) is 6.18. The van der Waals surface area contributed by atoms with Crippen LogP contribution in [0.5, 0.6) is 0 Å². The van der Waals surface area contributed by atoms with Crippen molar-refractivity contribution in [2.24, 2.45) is 0 Å². The van der Waals surface area contributed by atoms with Gasteiger partial charge in [0.25, 0.3) is 5.69 Å². The van der Waals surface area contributed by atoms with Gasteiger partial charge in [-0.25, -0.2) is 9.97 Å². The van der Waals surface area contributed by atoms with Crippen molar-refractivity contribution in [2.45, 2.75) is 0 Å². The van der Waals surface area contributed by atoms with Gasteiger partial charge in [0.05, 0.1) is 16.8 Å². The number of nitrogens with two attached hydrogens (primary N) is 1. The van der Waals surface area contributed by atoms with E-state index in [1.807, 2.05) is 0 Å². The van der Waals surface area contributed by atoms with Crippen LogP contribution in [0.4, 0.5) is 20.2 Å². The average Bonchev–Trinajstić information content (AvgIpc) is 2.34. The molecule has 0 fully saturated rings. The van der Waals surface area contributed by atoms with Gasteiger partial charge in [-0.1, -0.05) is 0 Å². The zero-order chi connectivity index (χ0) is 13.5. The Morgan fingerprint density at radius 3 is 1.94 bits per heavy atom. The molecule has 0 bridgehead atoms. The third kappa shape index (κ3) is 4.47. The summed E-state index contributed by atoms with van der Waals surface area (Å²) in [4.78, 5) is 15.7. The minimum Gasteiger partial charge on any atom is -0.397 e. The van der Waals surface area contributed by atoms with Crippen molar-refractivity contribution in [1.82, 2.24) is 9.97 Å². The predicted octanol–water partition coefficient (Wildman–Crippen LogP) is 1.93. The van der Waals surface area contributed by atoms with E-state index < -0.39 is 16.8 Å². The monoisotopic (exact) mass is 254 g/mol. The van der Waals surface area contributed by atoms with Gasteiger partial charge >= 0.3 is 0 Å². The summed E-state index contributed by atoms with van der Waals surface area (Å²) in [6.45, 7) is 0. The van der Waals surface area contributed by atoms with Gasteiger partial charge in [0.15, 0.2) is 0 Å². The number of nitrogen functional groups attached to an aromatic ring is 1. The average molecular weight is 254 g/mol. The molecule has 8 heteroatoms. The number of hydrogen-bond donors (Lipinski definition) is 1. The van der Waals surface area contributed by atoms with Gasteiger partial charge in [-0.15, -0.1) is 0 Å². The van der Waals surface area contributed by atoms with E-state index in [0.29, 0.717) is 5.69 Å². The van der Waals surface area contributed by atoms with E-state index in [4.69, 9.17) is 5.73 Å². The van der Waals surface area contributed by atoms with Crippen LogP contribution in [0.1, 0.15) is 0 Å². The SMILES string of the molecule is Nc1ccc(F)nc1.O=[N+]([O-])c1ccc(F)nc1. The summed E-state index contributed by atoms with van der Waals surface area (Å²) >= 11 is 0. The number of halogens is 2. The van der Waals surface area contributed by atoms with Gasteiger partial charge < -0.3 is 5.73 Å². The van der Waals surface area contributed by atoms with E-state index in [-0.39, 0.29) is 5.69 Å². The van der Waals surface area contributed by atoms with Crippen molar-refractivity contribution in [3.63, 3.8) is 0 Å². The number of anilines is 1. The number of aromatic nitrogens is 2. The Kier molecular flexibility index (Phi) is 4.61. The van der Waals surface area contributed by atoms with Crippen LogP contribution in [0, 0.1) is 22.0 Å². The van der Waals surface area contributed by atoms with Crippen LogP contribution in [-0.4, -0.2) is 14.9 Å². The molecular weight excluding hydrogens is 246 g/mol. The summed E-state index contributed by atoms with van der Waals surface area (Å²) in [6.07, 6.45) is 2.14. The maximum Gasteiger partial charge on any atom is 0.287 e. The number of rotatable bonds is 1. The first-order valence-corrected chi connectivity index (χ1v) is 4.62. The van der Waals surface area contributed by atoms with Gasteiger partial charge in [-0.3, -0.25) is 10.1 Å².